The number of carbonyl (C=O) groups excluding carboxylic acids is 4. The fourth-order valence-electron chi connectivity index (χ4n) is 8.71. The number of amides is 4. The fourth-order valence-corrected chi connectivity index (χ4v) is 9.52. The molecule has 3 aromatic heterocycles. The summed E-state index contributed by atoms with van der Waals surface area (Å²) in [6.45, 7) is 8.35. The number of aromatic nitrogens is 4. The van der Waals surface area contributed by atoms with Crippen LogP contribution < -0.4 is 16.0 Å². The standard InChI is InChI=1S/C50H59F3N8O5S/c1-31-43(67-30-56-31)33-16-14-32(15-17-33)27-55-47(65)41-26-37(62)28-60(41)48(66)44(49(2,3)4)57-42(63)13-11-9-7-6-8-10-12-24-54-46(64)34-18-23-40-38(25-34)39-29-59(5)58-45(39)61(40)36-21-19-35(20-22-36)50(51,52)53/h14-23,25,29-30,37,41,44,62H,6-13,24,26-28H2,1-5H3,(H,54,64)(H,55,65)(H,57,63)/t37-,41+,44-/m1/s1. The van der Waals surface area contributed by atoms with Crippen molar-refractivity contribution in [3.63, 3.8) is 0 Å². The highest BCUT2D eigenvalue weighted by molar-refractivity contribution is 7.13. The summed E-state index contributed by atoms with van der Waals surface area (Å²) in [4.78, 5) is 60.6. The zero-order chi connectivity index (χ0) is 48.0. The molecule has 356 valence electrons. The number of fused-ring (bicyclic) bond motifs is 3. The van der Waals surface area contributed by atoms with Gasteiger partial charge in [-0.15, -0.1) is 11.3 Å². The third-order valence-corrected chi connectivity index (χ3v) is 13.3. The van der Waals surface area contributed by atoms with Gasteiger partial charge < -0.3 is 26.0 Å². The molecule has 1 fully saturated rings. The summed E-state index contributed by atoms with van der Waals surface area (Å²) >= 11 is 1.57. The minimum Gasteiger partial charge on any atom is -0.391 e. The minimum absolute atomic E-state index is 0.00904. The van der Waals surface area contributed by atoms with Crippen LogP contribution in [0.15, 0.2) is 78.4 Å². The molecule has 1 saturated heterocycles. The van der Waals surface area contributed by atoms with Crippen molar-refractivity contribution < 1.29 is 37.5 Å². The van der Waals surface area contributed by atoms with Crippen molar-refractivity contribution in [2.24, 2.45) is 12.5 Å². The molecule has 3 aromatic carbocycles. The van der Waals surface area contributed by atoms with Gasteiger partial charge in [-0.3, -0.25) is 28.4 Å². The second-order valence-electron chi connectivity index (χ2n) is 18.6. The van der Waals surface area contributed by atoms with E-state index < -0.39 is 35.3 Å². The lowest BCUT2D eigenvalue weighted by Gasteiger charge is -2.35. The van der Waals surface area contributed by atoms with Crippen LogP contribution in [0.2, 0.25) is 0 Å². The predicted octanol–water partition coefficient (Wildman–Crippen LogP) is 8.63. The van der Waals surface area contributed by atoms with Crippen molar-refractivity contribution in [2.45, 2.75) is 116 Å². The van der Waals surface area contributed by atoms with Crippen molar-refractivity contribution in [2.75, 3.05) is 13.1 Å². The first-order valence-electron chi connectivity index (χ1n) is 22.9. The van der Waals surface area contributed by atoms with Gasteiger partial charge in [0.2, 0.25) is 17.7 Å². The van der Waals surface area contributed by atoms with E-state index in [0.29, 0.717) is 29.9 Å². The van der Waals surface area contributed by atoms with E-state index in [2.05, 4.69) is 26.0 Å². The van der Waals surface area contributed by atoms with Crippen LogP contribution in [0.25, 0.3) is 38.1 Å². The maximum atomic E-state index is 14.0. The first-order valence-corrected chi connectivity index (χ1v) is 23.8. The Morgan fingerprint density at radius 1 is 0.881 bits per heavy atom. The van der Waals surface area contributed by atoms with Gasteiger partial charge in [0.05, 0.1) is 33.3 Å². The number of unbranched alkanes of at least 4 members (excludes halogenated alkanes) is 6. The quantitative estimate of drug-likeness (QED) is 0.0627. The molecule has 67 heavy (non-hydrogen) atoms. The van der Waals surface area contributed by atoms with Crippen LogP contribution in [0.3, 0.4) is 0 Å². The largest absolute Gasteiger partial charge is 0.416 e. The van der Waals surface area contributed by atoms with Crippen molar-refractivity contribution in [1.82, 2.24) is 40.2 Å². The summed E-state index contributed by atoms with van der Waals surface area (Å²) in [7, 11) is 1.77. The highest BCUT2D eigenvalue weighted by Crippen LogP contribution is 2.35. The Kier molecular flexibility index (Phi) is 15.2. The average Bonchev–Trinajstić information content (AvgIpc) is 4.07. The molecule has 0 spiro atoms. The topological polar surface area (TPSA) is 163 Å². The monoisotopic (exact) mass is 940 g/mol. The number of hydrogen-bond donors (Lipinski definition) is 4. The van der Waals surface area contributed by atoms with Gasteiger partial charge in [0.25, 0.3) is 5.91 Å². The van der Waals surface area contributed by atoms with Crippen LogP contribution in [0.4, 0.5) is 13.2 Å². The SMILES string of the molecule is Cc1ncsc1-c1ccc(CNC(=O)[C@@H]2C[C@@H](O)CN2C(=O)[C@@H](NC(=O)CCCCCCCCCNC(=O)c2ccc3c(c2)c2cn(C)nc2n3-c2ccc(C(F)(F)F)cc2)C(C)(C)C)cc1. The molecule has 13 nitrogen and oxygen atoms in total. The van der Waals surface area contributed by atoms with Gasteiger partial charge in [-0.25, -0.2) is 4.98 Å². The second-order valence-corrected chi connectivity index (χ2v) is 19.4. The molecule has 6 aromatic rings. The summed E-state index contributed by atoms with van der Waals surface area (Å²) < 4.78 is 43.1. The molecule has 17 heteroatoms. The normalized spacial score (nSPS) is 15.9. The molecule has 0 aliphatic carbocycles. The molecular weight excluding hydrogens is 882 g/mol. The Hall–Kier alpha value is -6.07. The van der Waals surface area contributed by atoms with Crippen LogP contribution in [0.5, 0.6) is 0 Å². The fraction of sp³-hybridized carbons (Fsp3) is 0.440. The summed E-state index contributed by atoms with van der Waals surface area (Å²) in [5, 5.41) is 25.6. The zero-order valence-corrected chi connectivity index (χ0v) is 39.4. The number of alkyl halides is 3. The van der Waals surface area contributed by atoms with Gasteiger partial charge in [0.1, 0.15) is 12.1 Å². The number of nitrogens with zero attached hydrogens (tertiary/aromatic N) is 5. The van der Waals surface area contributed by atoms with E-state index in [1.54, 1.807) is 45.8 Å². The summed E-state index contributed by atoms with van der Waals surface area (Å²) in [6, 6.07) is 16.4. The van der Waals surface area contributed by atoms with Gasteiger partial charge >= 0.3 is 6.18 Å². The minimum atomic E-state index is -4.44. The van der Waals surface area contributed by atoms with E-state index in [1.807, 2.05) is 63.7 Å². The lowest BCUT2D eigenvalue weighted by atomic mass is 9.85. The van der Waals surface area contributed by atoms with Gasteiger partial charge in [0, 0.05) is 67.7 Å². The van der Waals surface area contributed by atoms with Crippen molar-refractivity contribution in [3.8, 4) is 16.1 Å². The number of β-amino-alcohol motifs (C(OH)–C–C–N with tert-alkyl or cyclic N) is 1. The zero-order valence-electron chi connectivity index (χ0n) is 38.6. The van der Waals surface area contributed by atoms with Crippen LogP contribution in [-0.4, -0.2) is 84.2 Å². The van der Waals surface area contributed by atoms with E-state index in [4.69, 9.17) is 0 Å². The Labute approximate surface area is 392 Å². The predicted molar refractivity (Wildman–Crippen MR) is 253 cm³/mol. The molecule has 0 saturated carbocycles. The van der Waals surface area contributed by atoms with Crippen molar-refractivity contribution in [1.29, 1.82) is 0 Å². The number of hydrogen-bond acceptors (Lipinski definition) is 8. The molecule has 4 amide bonds. The third-order valence-electron chi connectivity index (χ3n) is 12.3. The Balaban J connectivity index is 0.809. The Bertz CT molecular complexity index is 2700. The number of halogens is 3. The number of aryl methyl sites for hydroxylation is 2. The summed E-state index contributed by atoms with van der Waals surface area (Å²) in [5.41, 5.74) is 5.66. The maximum absolute atomic E-state index is 14.0. The van der Waals surface area contributed by atoms with Crippen LogP contribution >= 0.6 is 11.3 Å². The molecule has 1 aliphatic heterocycles. The van der Waals surface area contributed by atoms with Crippen LogP contribution in [-0.2, 0) is 34.2 Å². The van der Waals surface area contributed by atoms with Crippen molar-refractivity contribution in [3.05, 3.63) is 101 Å². The third kappa shape index (κ3) is 11.7. The molecule has 0 radical (unpaired) electrons. The number of benzene rings is 3. The molecule has 4 heterocycles. The number of thiazole rings is 1. The lowest BCUT2D eigenvalue weighted by Crippen LogP contribution is -2.57. The van der Waals surface area contributed by atoms with Crippen LogP contribution in [0, 0.1) is 12.3 Å². The molecule has 7 rings (SSSR count). The number of rotatable bonds is 18. The van der Waals surface area contributed by atoms with Crippen LogP contribution in [0.1, 0.15) is 106 Å². The summed E-state index contributed by atoms with van der Waals surface area (Å²) in [5.74, 6) is -1.19. The first kappa shape index (κ1) is 48.9. The average molecular weight is 941 g/mol. The van der Waals surface area contributed by atoms with Gasteiger partial charge in [-0.2, -0.15) is 18.3 Å². The maximum Gasteiger partial charge on any atom is 0.416 e. The van der Waals surface area contributed by atoms with Crippen molar-refractivity contribution >= 4 is 56.9 Å². The van der Waals surface area contributed by atoms with Gasteiger partial charge in [0.15, 0.2) is 5.65 Å². The number of likely N-dealkylation sites (tertiary alicyclic amines) is 1. The smallest absolute Gasteiger partial charge is 0.391 e. The lowest BCUT2D eigenvalue weighted by molar-refractivity contribution is -0.144. The molecule has 0 unspecified atom stereocenters. The van der Waals surface area contributed by atoms with Gasteiger partial charge in [-0.05, 0) is 78.8 Å². The molecule has 4 N–H and O–H groups in total. The molecule has 0 bridgehead atoms. The van der Waals surface area contributed by atoms with E-state index in [-0.39, 0.29) is 49.6 Å². The van der Waals surface area contributed by atoms with E-state index in [9.17, 15) is 37.5 Å². The number of nitrogens with one attached hydrogen (secondary N) is 3. The molecule has 1 aliphatic rings. The first-order chi connectivity index (χ1) is 31.9. The highest BCUT2D eigenvalue weighted by Gasteiger charge is 2.44. The summed E-state index contributed by atoms with van der Waals surface area (Å²) in [6.07, 6.45) is 3.03. The number of aliphatic hydroxyl groups excluding tert-OH is 1. The highest BCUT2D eigenvalue weighted by atomic mass is 32.1. The van der Waals surface area contributed by atoms with Gasteiger partial charge in [-0.1, -0.05) is 77.1 Å². The Morgan fingerprint density at radius 2 is 1.57 bits per heavy atom. The second kappa shape index (κ2) is 20.8. The molecule has 3 atom stereocenters. The number of aliphatic hydroxyl groups is 1. The number of carbonyl (C=O) groups is 4. The van der Waals surface area contributed by atoms with E-state index in [0.717, 1.165) is 88.6 Å². The van der Waals surface area contributed by atoms with E-state index in [1.165, 1.54) is 17.0 Å². The van der Waals surface area contributed by atoms with E-state index >= 15 is 0 Å². The molecular formula is C50H59F3N8O5S. The Morgan fingerprint density at radius 3 is 2.22 bits per heavy atom.